The zero-order valence-corrected chi connectivity index (χ0v) is 16.6. The summed E-state index contributed by atoms with van der Waals surface area (Å²) in [6, 6.07) is 5.23. The van der Waals surface area contributed by atoms with Crippen LogP contribution in [0.4, 0.5) is 23.7 Å². The van der Waals surface area contributed by atoms with Crippen molar-refractivity contribution in [2.45, 2.75) is 29.3 Å². The summed E-state index contributed by atoms with van der Waals surface area (Å²) in [5, 5.41) is 2.50. The first kappa shape index (κ1) is 22.2. The van der Waals surface area contributed by atoms with E-state index in [2.05, 4.69) is 10.3 Å². The van der Waals surface area contributed by atoms with Crippen molar-refractivity contribution in [2.24, 2.45) is 5.73 Å². The standard InChI is InChI=1S/C18H15F3N4O5S/c1-17(9-10-6-7-23-13(8-10)14(22)26)15(27)25(16(28)24-17)11-2-4-12(5-3-11)31(29,30)18(19,20)21/h2-8H,9H2,1H3,(H2,22,26)(H,24,28). The Morgan fingerprint density at radius 1 is 1.19 bits per heavy atom. The van der Waals surface area contributed by atoms with Crippen LogP contribution in [0, 0.1) is 0 Å². The molecule has 1 aliphatic heterocycles. The van der Waals surface area contributed by atoms with Gasteiger partial charge in [-0.1, -0.05) is 0 Å². The predicted molar refractivity (Wildman–Crippen MR) is 101 cm³/mol. The topological polar surface area (TPSA) is 140 Å². The number of nitrogens with one attached hydrogen (secondary N) is 1. The summed E-state index contributed by atoms with van der Waals surface area (Å²) in [5.74, 6) is -1.49. The fraction of sp³-hybridized carbons (Fsp3) is 0.222. The molecule has 1 atom stereocenters. The minimum atomic E-state index is -5.57. The van der Waals surface area contributed by atoms with Gasteiger partial charge in [0.1, 0.15) is 11.2 Å². The number of anilines is 1. The zero-order valence-electron chi connectivity index (χ0n) is 15.8. The van der Waals surface area contributed by atoms with Gasteiger partial charge in [-0.3, -0.25) is 14.6 Å². The maximum atomic E-state index is 12.9. The first-order valence-corrected chi connectivity index (χ1v) is 10.1. The van der Waals surface area contributed by atoms with Gasteiger partial charge < -0.3 is 11.1 Å². The molecule has 31 heavy (non-hydrogen) atoms. The third-order valence-electron chi connectivity index (χ3n) is 4.61. The van der Waals surface area contributed by atoms with Gasteiger partial charge in [-0.25, -0.2) is 18.1 Å². The van der Waals surface area contributed by atoms with E-state index in [1.807, 2.05) is 0 Å². The third-order valence-corrected chi connectivity index (χ3v) is 6.11. The molecule has 0 saturated carbocycles. The van der Waals surface area contributed by atoms with Crippen LogP contribution in [0.15, 0.2) is 47.5 Å². The number of amides is 4. The minimum Gasteiger partial charge on any atom is -0.364 e. The number of nitrogens with zero attached hydrogens (tertiary/aromatic N) is 2. The lowest BCUT2D eigenvalue weighted by atomic mass is 9.93. The quantitative estimate of drug-likeness (QED) is 0.654. The minimum absolute atomic E-state index is 0.0303. The van der Waals surface area contributed by atoms with E-state index in [0.717, 1.165) is 12.1 Å². The molecule has 1 aromatic carbocycles. The van der Waals surface area contributed by atoms with E-state index in [4.69, 9.17) is 5.73 Å². The maximum Gasteiger partial charge on any atom is 0.501 e. The lowest BCUT2D eigenvalue weighted by Crippen LogP contribution is -2.46. The number of carbonyl (C=O) groups is 3. The number of carbonyl (C=O) groups excluding carboxylic acids is 3. The Balaban J connectivity index is 1.88. The number of benzene rings is 1. The molecule has 13 heteroatoms. The van der Waals surface area contributed by atoms with Crippen LogP contribution in [-0.2, 0) is 21.1 Å². The molecule has 164 valence electrons. The molecule has 3 rings (SSSR count). The summed E-state index contributed by atoms with van der Waals surface area (Å²) in [6.45, 7) is 1.43. The number of nitrogens with two attached hydrogens (primary N) is 1. The molecule has 0 spiro atoms. The highest BCUT2D eigenvalue weighted by Gasteiger charge is 2.49. The van der Waals surface area contributed by atoms with E-state index in [1.54, 1.807) is 0 Å². The maximum absolute atomic E-state index is 12.9. The number of pyridine rings is 1. The van der Waals surface area contributed by atoms with Crippen LogP contribution in [0.1, 0.15) is 23.0 Å². The number of primary amides is 1. The van der Waals surface area contributed by atoms with Crippen molar-refractivity contribution in [3.8, 4) is 0 Å². The molecule has 1 aromatic heterocycles. The van der Waals surface area contributed by atoms with E-state index in [9.17, 15) is 36.0 Å². The zero-order chi connectivity index (χ0) is 23.2. The Kier molecular flexibility index (Phi) is 5.26. The summed E-state index contributed by atoms with van der Waals surface area (Å²) in [4.78, 5) is 40.1. The lowest BCUT2D eigenvalue weighted by Gasteiger charge is -2.22. The van der Waals surface area contributed by atoms with Gasteiger partial charge in [0.05, 0.1) is 10.6 Å². The number of urea groups is 1. The number of rotatable bonds is 5. The average molecular weight is 456 g/mol. The molecule has 1 fully saturated rings. The Hall–Kier alpha value is -3.48. The molecule has 0 radical (unpaired) electrons. The highest BCUT2D eigenvalue weighted by Crippen LogP contribution is 2.33. The van der Waals surface area contributed by atoms with Crippen molar-refractivity contribution in [3.63, 3.8) is 0 Å². The number of aromatic nitrogens is 1. The van der Waals surface area contributed by atoms with E-state index >= 15 is 0 Å². The third kappa shape index (κ3) is 3.95. The number of hydrogen-bond acceptors (Lipinski definition) is 6. The van der Waals surface area contributed by atoms with Crippen LogP contribution in [0.25, 0.3) is 0 Å². The molecular weight excluding hydrogens is 441 g/mol. The molecule has 1 saturated heterocycles. The second-order valence-electron chi connectivity index (χ2n) is 6.94. The Bertz CT molecular complexity index is 1180. The van der Waals surface area contributed by atoms with Crippen molar-refractivity contribution >= 4 is 33.4 Å². The van der Waals surface area contributed by atoms with Crippen LogP contribution >= 0.6 is 0 Å². The van der Waals surface area contributed by atoms with Crippen LogP contribution in [-0.4, -0.2) is 42.3 Å². The normalized spacial score (nSPS) is 19.4. The van der Waals surface area contributed by atoms with Crippen LogP contribution in [0.2, 0.25) is 0 Å². The van der Waals surface area contributed by atoms with Gasteiger partial charge in [0, 0.05) is 12.6 Å². The molecule has 1 aliphatic rings. The number of halogens is 3. The van der Waals surface area contributed by atoms with Crippen LogP contribution < -0.4 is 16.0 Å². The molecule has 1 unspecified atom stereocenters. The summed E-state index contributed by atoms with van der Waals surface area (Å²) < 4.78 is 61.0. The number of hydrogen-bond donors (Lipinski definition) is 2. The molecule has 0 bridgehead atoms. The molecule has 3 N–H and O–H groups in total. The van der Waals surface area contributed by atoms with Gasteiger partial charge >= 0.3 is 11.5 Å². The van der Waals surface area contributed by atoms with Gasteiger partial charge in [-0.05, 0) is 48.9 Å². The number of alkyl halides is 3. The monoisotopic (exact) mass is 456 g/mol. The number of sulfone groups is 1. The van der Waals surface area contributed by atoms with Crippen molar-refractivity contribution in [1.82, 2.24) is 10.3 Å². The summed E-state index contributed by atoms with van der Waals surface area (Å²) >= 11 is 0. The van der Waals surface area contributed by atoms with E-state index in [1.165, 1.54) is 25.3 Å². The molecular formula is C18H15F3N4O5S. The average Bonchev–Trinajstić information content (AvgIpc) is 2.89. The highest BCUT2D eigenvalue weighted by molar-refractivity contribution is 7.92. The second kappa shape index (κ2) is 7.34. The number of imide groups is 1. The van der Waals surface area contributed by atoms with Crippen molar-refractivity contribution in [3.05, 3.63) is 53.9 Å². The van der Waals surface area contributed by atoms with Gasteiger partial charge in [0.25, 0.3) is 21.7 Å². The lowest BCUT2D eigenvalue weighted by molar-refractivity contribution is -0.121. The SMILES string of the molecule is CC1(Cc2ccnc(C(N)=O)c2)NC(=O)N(c2ccc(S(=O)(=O)C(F)(F)F)cc2)C1=O. The molecule has 9 nitrogen and oxygen atoms in total. The van der Waals surface area contributed by atoms with Gasteiger partial charge in [-0.15, -0.1) is 0 Å². The first-order valence-electron chi connectivity index (χ1n) is 8.59. The van der Waals surface area contributed by atoms with Gasteiger partial charge in [-0.2, -0.15) is 13.2 Å². The Morgan fingerprint density at radius 3 is 2.35 bits per heavy atom. The van der Waals surface area contributed by atoms with E-state index in [-0.39, 0.29) is 17.8 Å². The van der Waals surface area contributed by atoms with E-state index < -0.39 is 43.6 Å². The Labute approximate surface area is 174 Å². The van der Waals surface area contributed by atoms with Crippen molar-refractivity contribution in [1.29, 1.82) is 0 Å². The molecule has 4 amide bonds. The first-order chi connectivity index (χ1) is 14.3. The van der Waals surface area contributed by atoms with Crippen LogP contribution in [0.3, 0.4) is 0 Å². The largest absolute Gasteiger partial charge is 0.501 e. The molecule has 2 aromatic rings. The fourth-order valence-electron chi connectivity index (χ4n) is 3.07. The van der Waals surface area contributed by atoms with Gasteiger partial charge in [0.15, 0.2) is 0 Å². The summed E-state index contributed by atoms with van der Waals surface area (Å²) in [7, 11) is -5.57. The highest BCUT2D eigenvalue weighted by atomic mass is 32.2. The van der Waals surface area contributed by atoms with Gasteiger partial charge in [0.2, 0.25) is 0 Å². The summed E-state index contributed by atoms with van der Waals surface area (Å²) in [5.41, 5.74) is -1.41. The second-order valence-corrected chi connectivity index (χ2v) is 8.88. The van der Waals surface area contributed by atoms with Crippen molar-refractivity contribution in [2.75, 3.05) is 4.90 Å². The smallest absolute Gasteiger partial charge is 0.364 e. The predicted octanol–water partition coefficient (Wildman–Crippen LogP) is 1.53. The van der Waals surface area contributed by atoms with Crippen LogP contribution in [0.5, 0.6) is 0 Å². The molecule has 2 heterocycles. The van der Waals surface area contributed by atoms with E-state index in [0.29, 0.717) is 22.6 Å². The van der Waals surface area contributed by atoms with Crippen molar-refractivity contribution < 1.29 is 36.0 Å². The summed E-state index contributed by atoms with van der Waals surface area (Å²) in [6.07, 6.45) is 1.29. The molecule has 0 aliphatic carbocycles. The Morgan fingerprint density at radius 2 is 1.81 bits per heavy atom. The fourth-order valence-corrected chi connectivity index (χ4v) is 3.84.